The van der Waals surface area contributed by atoms with Crippen molar-refractivity contribution in [2.24, 2.45) is 7.05 Å². The number of aromatic nitrogens is 1. The zero-order valence-corrected chi connectivity index (χ0v) is 12.8. The van der Waals surface area contributed by atoms with Crippen LogP contribution in [0, 0.1) is 0 Å². The van der Waals surface area contributed by atoms with Crippen LogP contribution in [0.15, 0.2) is 24.3 Å². The van der Waals surface area contributed by atoms with E-state index in [1.165, 1.54) is 22.2 Å². The Bertz CT molecular complexity index is 574. The standard InChI is InChI=1S/C17H25N/c1-16(2,3)13-9-8-12-10-15(17(4,5)6)18(7)14(12)11-13/h8-11H,1-7H3. The second-order valence-corrected chi connectivity index (χ2v) is 7.36. The van der Waals surface area contributed by atoms with Crippen LogP contribution in [-0.2, 0) is 17.9 Å². The molecule has 0 saturated heterocycles. The summed E-state index contributed by atoms with van der Waals surface area (Å²) in [7, 11) is 2.18. The van der Waals surface area contributed by atoms with Crippen LogP contribution in [0.4, 0.5) is 0 Å². The van der Waals surface area contributed by atoms with Crippen molar-refractivity contribution in [3.63, 3.8) is 0 Å². The predicted molar refractivity (Wildman–Crippen MR) is 80.3 cm³/mol. The average Bonchev–Trinajstić information content (AvgIpc) is 2.54. The molecule has 0 aliphatic rings. The van der Waals surface area contributed by atoms with Gasteiger partial charge in [0.1, 0.15) is 0 Å². The number of rotatable bonds is 0. The third-order valence-electron chi connectivity index (χ3n) is 3.68. The van der Waals surface area contributed by atoms with E-state index in [4.69, 9.17) is 0 Å². The minimum atomic E-state index is 0.190. The van der Waals surface area contributed by atoms with E-state index in [9.17, 15) is 0 Å². The monoisotopic (exact) mass is 243 g/mol. The van der Waals surface area contributed by atoms with E-state index in [2.05, 4.69) is 77.4 Å². The van der Waals surface area contributed by atoms with Crippen LogP contribution in [-0.4, -0.2) is 4.57 Å². The minimum absolute atomic E-state index is 0.190. The fourth-order valence-electron chi connectivity index (χ4n) is 2.52. The van der Waals surface area contributed by atoms with Gasteiger partial charge in [-0.3, -0.25) is 0 Å². The van der Waals surface area contributed by atoms with Crippen molar-refractivity contribution in [2.75, 3.05) is 0 Å². The predicted octanol–water partition coefficient (Wildman–Crippen LogP) is 4.77. The van der Waals surface area contributed by atoms with E-state index in [0.717, 1.165) is 0 Å². The molecule has 0 saturated carbocycles. The largest absolute Gasteiger partial charge is 0.347 e. The van der Waals surface area contributed by atoms with Gasteiger partial charge in [0.2, 0.25) is 0 Å². The van der Waals surface area contributed by atoms with Crippen molar-refractivity contribution in [3.8, 4) is 0 Å². The molecule has 0 bridgehead atoms. The summed E-state index contributed by atoms with van der Waals surface area (Å²) < 4.78 is 2.34. The van der Waals surface area contributed by atoms with Gasteiger partial charge in [-0.15, -0.1) is 0 Å². The van der Waals surface area contributed by atoms with Gasteiger partial charge in [-0.1, -0.05) is 53.7 Å². The van der Waals surface area contributed by atoms with E-state index < -0.39 is 0 Å². The van der Waals surface area contributed by atoms with Crippen LogP contribution >= 0.6 is 0 Å². The highest BCUT2D eigenvalue weighted by Crippen LogP contribution is 2.31. The molecule has 18 heavy (non-hydrogen) atoms. The summed E-state index contributed by atoms with van der Waals surface area (Å²) in [5.74, 6) is 0. The fourth-order valence-corrected chi connectivity index (χ4v) is 2.52. The van der Waals surface area contributed by atoms with Crippen LogP contribution in [0.3, 0.4) is 0 Å². The highest BCUT2D eigenvalue weighted by Gasteiger charge is 2.20. The molecular weight excluding hydrogens is 218 g/mol. The van der Waals surface area contributed by atoms with E-state index in [-0.39, 0.29) is 10.8 Å². The van der Waals surface area contributed by atoms with Crippen molar-refractivity contribution in [3.05, 3.63) is 35.5 Å². The minimum Gasteiger partial charge on any atom is -0.347 e. The summed E-state index contributed by atoms with van der Waals surface area (Å²) in [6.07, 6.45) is 0. The van der Waals surface area contributed by atoms with Crippen molar-refractivity contribution < 1.29 is 0 Å². The van der Waals surface area contributed by atoms with Gasteiger partial charge in [-0.05, 0) is 28.5 Å². The number of hydrogen-bond acceptors (Lipinski definition) is 0. The lowest BCUT2D eigenvalue weighted by Gasteiger charge is -2.21. The first-order valence-electron chi connectivity index (χ1n) is 6.71. The lowest BCUT2D eigenvalue weighted by Crippen LogP contribution is -2.15. The lowest BCUT2D eigenvalue weighted by molar-refractivity contribution is 0.547. The Morgan fingerprint density at radius 2 is 1.44 bits per heavy atom. The summed E-state index contributed by atoms with van der Waals surface area (Å²) in [5.41, 5.74) is 4.53. The van der Waals surface area contributed by atoms with Crippen molar-refractivity contribution in [2.45, 2.75) is 52.4 Å². The maximum Gasteiger partial charge on any atom is 0.0483 e. The molecule has 0 atom stereocenters. The zero-order chi connectivity index (χ0) is 13.7. The maximum absolute atomic E-state index is 2.34. The molecule has 1 aromatic carbocycles. The highest BCUT2D eigenvalue weighted by atomic mass is 15.0. The summed E-state index contributed by atoms with van der Waals surface area (Å²) in [6.45, 7) is 13.6. The number of hydrogen-bond donors (Lipinski definition) is 0. The summed E-state index contributed by atoms with van der Waals surface area (Å²) >= 11 is 0. The Kier molecular flexibility index (Phi) is 2.84. The number of fused-ring (bicyclic) bond motifs is 1. The molecule has 1 aromatic heterocycles. The Labute approximate surface area is 111 Å². The molecular formula is C17H25N. The Morgan fingerprint density at radius 3 is 1.94 bits per heavy atom. The van der Waals surface area contributed by atoms with Gasteiger partial charge in [-0.25, -0.2) is 0 Å². The van der Waals surface area contributed by atoms with Crippen molar-refractivity contribution in [1.82, 2.24) is 4.57 Å². The van der Waals surface area contributed by atoms with Crippen LogP contribution in [0.2, 0.25) is 0 Å². The Hall–Kier alpha value is -1.24. The molecule has 0 aliphatic heterocycles. The highest BCUT2D eigenvalue weighted by molar-refractivity contribution is 5.82. The third-order valence-corrected chi connectivity index (χ3v) is 3.68. The molecule has 1 nitrogen and oxygen atoms in total. The molecule has 2 aromatic rings. The number of benzene rings is 1. The van der Waals surface area contributed by atoms with E-state index in [0.29, 0.717) is 0 Å². The van der Waals surface area contributed by atoms with E-state index in [1.807, 2.05) is 0 Å². The molecule has 1 heterocycles. The van der Waals surface area contributed by atoms with Crippen molar-refractivity contribution in [1.29, 1.82) is 0 Å². The number of nitrogens with zero attached hydrogens (tertiary/aromatic N) is 1. The van der Waals surface area contributed by atoms with Gasteiger partial charge in [0, 0.05) is 23.7 Å². The van der Waals surface area contributed by atoms with Crippen LogP contribution in [0.5, 0.6) is 0 Å². The quantitative estimate of drug-likeness (QED) is 0.628. The van der Waals surface area contributed by atoms with E-state index >= 15 is 0 Å². The zero-order valence-electron chi connectivity index (χ0n) is 12.8. The summed E-state index contributed by atoms with van der Waals surface area (Å²) in [6, 6.07) is 9.17. The van der Waals surface area contributed by atoms with Crippen LogP contribution < -0.4 is 0 Å². The van der Waals surface area contributed by atoms with Crippen LogP contribution in [0.1, 0.15) is 52.8 Å². The molecule has 98 valence electrons. The lowest BCUT2D eigenvalue weighted by atomic mass is 9.87. The second-order valence-electron chi connectivity index (χ2n) is 7.36. The SMILES string of the molecule is Cn1c(C(C)(C)C)cc2ccc(C(C)(C)C)cc21. The smallest absolute Gasteiger partial charge is 0.0483 e. The van der Waals surface area contributed by atoms with Gasteiger partial charge in [0.05, 0.1) is 0 Å². The van der Waals surface area contributed by atoms with Gasteiger partial charge >= 0.3 is 0 Å². The Balaban J connectivity index is 2.68. The normalized spacial score (nSPS) is 13.3. The molecule has 0 fully saturated rings. The topological polar surface area (TPSA) is 4.93 Å². The fraction of sp³-hybridized carbons (Fsp3) is 0.529. The van der Waals surface area contributed by atoms with Gasteiger partial charge in [-0.2, -0.15) is 0 Å². The summed E-state index contributed by atoms with van der Waals surface area (Å²) in [4.78, 5) is 0. The molecule has 0 N–H and O–H groups in total. The molecule has 0 spiro atoms. The van der Waals surface area contributed by atoms with Crippen LogP contribution in [0.25, 0.3) is 10.9 Å². The van der Waals surface area contributed by atoms with Gasteiger partial charge in [0.25, 0.3) is 0 Å². The second kappa shape index (κ2) is 3.88. The van der Waals surface area contributed by atoms with E-state index in [1.54, 1.807) is 0 Å². The van der Waals surface area contributed by atoms with Crippen molar-refractivity contribution >= 4 is 10.9 Å². The first-order chi connectivity index (χ1) is 8.10. The molecule has 0 aliphatic carbocycles. The number of aryl methyl sites for hydroxylation is 1. The van der Waals surface area contributed by atoms with Gasteiger partial charge < -0.3 is 4.57 Å². The molecule has 0 unspecified atom stereocenters. The molecule has 0 amide bonds. The summed E-state index contributed by atoms with van der Waals surface area (Å²) in [5, 5.41) is 1.34. The first-order valence-corrected chi connectivity index (χ1v) is 6.71. The average molecular weight is 243 g/mol. The molecule has 0 radical (unpaired) electrons. The molecule has 1 heteroatoms. The third kappa shape index (κ3) is 2.19. The Morgan fingerprint density at radius 1 is 0.833 bits per heavy atom. The maximum atomic E-state index is 2.34. The van der Waals surface area contributed by atoms with Gasteiger partial charge in [0.15, 0.2) is 0 Å². The molecule has 2 rings (SSSR count). The first kappa shape index (κ1) is 13.2.